The van der Waals surface area contributed by atoms with E-state index in [0.29, 0.717) is 6.04 Å². The first-order valence-electron chi connectivity index (χ1n) is 6.52. The van der Waals surface area contributed by atoms with Crippen molar-refractivity contribution in [1.29, 1.82) is 0 Å². The molecule has 1 atom stereocenters. The molecular weight excluding hydrogens is 226 g/mol. The van der Waals surface area contributed by atoms with Crippen molar-refractivity contribution < 1.29 is 5.11 Å². The highest BCUT2D eigenvalue weighted by Gasteiger charge is 2.22. The average molecular weight is 249 g/mol. The van der Waals surface area contributed by atoms with Crippen LogP contribution in [0.15, 0.2) is 18.2 Å². The van der Waals surface area contributed by atoms with Gasteiger partial charge >= 0.3 is 0 Å². The van der Waals surface area contributed by atoms with Crippen LogP contribution in [0, 0.1) is 0 Å². The average Bonchev–Trinajstić information content (AvgIpc) is 2.49. The summed E-state index contributed by atoms with van der Waals surface area (Å²) in [5, 5.41) is 9.04. The van der Waals surface area contributed by atoms with E-state index in [-0.39, 0.29) is 6.61 Å². The number of rotatable bonds is 3. The molecule has 0 aliphatic carbocycles. The molecule has 1 aromatic carbocycles. The SMILES string of the molecule is CN1CC(N(C)CCO)CCc2cc(N)ccc21. The van der Waals surface area contributed by atoms with E-state index in [0.717, 1.165) is 31.6 Å². The minimum Gasteiger partial charge on any atom is -0.399 e. The van der Waals surface area contributed by atoms with E-state index >= 15 is 0 Å². The van der Waals surface area contributed by atoms with E-state index in [2.05, 4.69) is 36.0 Å². The predicted molar refractivity (Wildman–Crippen MR) is 75.9 cm³/mol. The number of fused-ring (bicyclic) bond motifs is 1. The Hall–Kier alpha value is -1.26. The second-order valence-corrected chi connectivity index (χ2v) is 5.17. The van der Waals surface area contributed by atoms with Crippen molar-refractivity contribution in [2.75, 3.05) is 44.4 Å². The second-order valence-electron chi connectivity index (χ2n) is 5.17. The Morgan fingerprint density at radius 3 is 3.00 bits per heavy atom. The van der Waals surface area contributed by atoms with Gasteiger partial charge in [-0.25, -0.2) is 0 Å². The fourth-order valence-corrected chi connectivity index (χ4v) is 2.71. The Balaban J connectivity index is 2.16. The first kappa shape index (κ1) is 13.2. The molecule has 1 unspecified atom stereocenters. The van der Waals surface area contributed by atoms with Crippen LogP contribution in [0.3, 0.4) is 0 Å². The van der Waals surface area contributed by atoms with Gasteiger partial charge in [-0.05, 0) is 43.7 Å². The summed E-state index contributed by atoms with van der Waals surface area (Å²) in [6, 6.07) is 6.64. The molecule has 0 spiro atoms. The van der Waals surface area contributed by atoms with Gasteiger partial charge in [-0.15, -0.1) is 0 Å². The number of aliphatic hydroxyl groups excluding tert-OH is 1. The number of aliphatic hydroxyl groups is 1. The van der Waals surface area contributed by atoms with Gasteiger partial charge in [-0.3, -0.25) is 4.90 Å². The Morgan fingerprint density at radius 1 is 1.50 bits per heavy atom. The highest BCUT2D eigenvalue weighted by Crippen LogP contribution is 2.28. The van der Waals surface area contributed by atoms with E-state index < -0.39 is 0 Å². The molecule has 0 radical (unpaired) electrons. The zero-order valence-corrected chi connectivity index (χ0v) is 11.3. The third-order valence-corrected chi connectivity index (χ3v) is 3.82. The molecule has 0 saturated heterocycles. The molecule has 0 saturated carbocycles. The molecule has 0 aromatic heterocycles. The van der Waals surface area contributed by atoms with Crippen LogP contribution in [0.1, 0.15) is 12.0 Å². The maximum atomic E-state index is 9.04. The summed E-state index contributed by atoms with van der Waals surface area (Å²) in [6.07, 6.45) is 2.16. The molecule has 0 amide bonds. The van der Waals surface area contributed by atoms with Crippen LogP contribution in [0.2, 0.25) is 0 Å². The normalized spacial score (nSPS) is 19.8. The van der Waals surface area contributed by atoms with E-state index in [9.17, 15) is 0 Å². The molecule has 1 aliphatic rings. The third-order valence-electron chi connectivity index (χ3n) is 3.82. The van der Waals surface area contributed by atoms with Gasteiger partial charge in [0.25, 0.3) is 0 Å². The van der Waals surface area contributed by atoms with Crippen LogP contribution in [0.5, 0.6) is 0 Å². The van der Waals surface area contributed by atoms with Gasteiger partial charge in [0.2, 0.25) is 0 Å². The number of benzene rings is 1. The zero-order valence-electron chi connectivity index (χ0n) is 11.3. The Morgan fingerprint density at radius 2 is 2.28 bits per heavy atom. The lowest BCUT2D eigenvalue weighted by atomic mass is 10.0. The topological polar surface area (TPSA) is 52.7 Å². The van der Waals surface area contributed by atoms with Crippen molar-refractivity contribution in [3.8, 4) is 0 Å². The van der Waals surface area contributed by atoms with Gasteiger partial charge in [0.05, 0.1) is 6.61 Å². The second kappa shape index (κ2) is 5.59. The Bertz CT molecular complexity index is 408. The lowest BCUT2D eigenvalue weighted by Crippen LogP contribution is -2.41. The maximum Gasteiger partial charge on any atom is 0.0558 e. The highest BCUT2D eigenvalue weighted by atomic mass is 16.3. The maximum absolute atomic E-state index is 9.04. The molecule has 4 heteroatoms. The summed E-state index contributed by atoms with van der Waals surface area (Å²) in [6.45, 7) is 1.95. The van der Waals surface area contributed by atoms with Crippen LogP contribution in [-0.2, 0) is 6.42 Å². The molecule has 2 rings (SSSR count). The molecule has 1 aromatic rings. The molecule has 4 nitrogen and oxygen atoms in total. The van der Waals surface area contributed by atoms with E-state index in [1.54, 1.807) is 0 Å². The van der Waals surface area contributed by atoms with Gasteiger partial charge in [0.1, 0.15) is 0 Å². The van der Waals surface area contributed by atoms with Gasteiger partial charge in [-0.1, -0.05) is 0 Å². The van der Waals surface area contributed by atoms with Crippen LogP contribution in [0.4, 0.5) is 11.4 Å². The number of nitrogen functional groups attached to an aromatic ring is 1. The van der Waals surface area contributed by atoms with Crippen LogP contribution in [-0.4, -0.2) is 49.8 Å². The molecule has 18 heavy (non-hydrogen) atoms. The van der Waals surface area contributed by atoms with Crippen molar-refractivity contribution >= 4 is 11.4 Å². The van der Waals surface area contributed by atoms with Crippen LogP contribution in [0.25, 0.3) is 0 Å². The molecule has 0 bridgehead atoms. The van der Waals surface area contributed by atoms with E-state index in [1.165, 1.54) is 11.3 Å². The lowest BCUT2D eigenvalue weighted by Gasteiger charge is -2.30. The van der Waals surface area contributed by atoms with Crippen molar-refractivity contribution in [3.63, 3.8) is 0 Å². The molecule has 0 fully saturated rings. The molecule has 3 N–H and O–H groups in total. The Labute approximate surface area is 109 Å². The summed E-state index contributed by atoms with van der Waals surface area (Å²) in [7, 11) is 4.21. The zero-order chi connectivity index (χ0) is 13.1. The fourth-order valence-electron chi connectivity index (χ4n) is 2.71. The summed E-state index contributed by atoms with van der Waals surface area (Å²) in [4.78, 5) is 4.53. The summed E-state index contributed by atoms with van der Waals surface area (Å²) >= 11 is 0. The largest absolute Gasteiger partial charge is 0.399 e. The standard InChI is InChI=1S/C14H23N3O/c1-16(7-8-18)13-5-3-11-9-12(15)4-6-14(11)17(2)10-13/h4,6,9,13,18H,3,5,7-8,10,15H2,1-2H3. The monoisotopic (exact) mass is 249 g/mol. The predicted octanol–water partition coefficient (Wildman–Crippen LogP) is 0.944. The molecule has 1 heterocycles. The first-order valence-corrected chi connectivity index (χ1v) is 6.52. The first-order chi connectivity index (χ1) is 8.61. The highest BCUT2D eigenvalue weighted by molar-refractivity contribution is 5.60. The van der Waals surface area contributed by atoms with Crippen molar-refractivity contribution in [3.05, 3.63) is 23.8 Å². The number of aryl methyl sites for hydroxylation is 1. The van der Waals surface area contributed by atoms with E-state index in [1.807, 2.05) is 6.07 Å². The van der Waals surface area contributed by atoms with Gasteiger partial charge in [0, 0.05) is 37.6 Å². The van der Waals surface area contributed by atoms with Crippen LogP contribution >= 0.6 is 0 Å². The number of anilines is 2. The number of nitrogens with zero attached hydrogens (tertiary/aromatic N) is 2. The van der Waals surface area contributed by atoms with Crippen molar-refractivity contribution in [2.45, 2.75) is 18.9 Å². The number of nitrogens with two attached hydrogens (primary N) is 1. The van der Waals surface area contributed by atoms with Crippen molar-refractivity contribution in [1.82, 2.24) is 4.90 Å². The number of hydrogen-bond donors (Lipinski definition) is 2. The quantitative estimate of drug-likeness (QED) is 0.783. The minimum absolute atomic E-state index is 0.219. The Kier molecular flexibility index (Phi) is 4.09. The summed E-state index contributed by atoms with van der Waals surface area (Å²) < 4.78 is 0. The lowest BCUT2D eigenvalue weighted by molar-refractivity contribution is 0.177. The number of hydrogen-bond acceptors (Lipinski definition) is 4. The molecular formula is C14H23N3O. The van der Waals surface area contributed by atoms with E-state index in [4.69, 9.17) is 10.8 Å². The number of likely N-dealkylation sites (N-methyl/N-ethyl adjacent to an activating group) is 2. The summed E-state index contributed by atoms with van der Waals surface area (Å²) in [5.74, 6) is 0. The van der Waals surface area contributed by atoms with Gasteiger partial charge < -0.3 is 15.7 Å². The summed E-state index contributed by atoms with van der Waals surface area (Å²) in [5.41, 5.74) is 9.31. The van der Waals surface area contributed by atoms with Crippen molar-refractivity contribution in [2.24, 2.45) is 0 Å². The molecule has 1 aliphatic heterocycles. The molecule has 100 valence electrons. The minimum atomic E-state index is 0.219. The smallest absolute Gasteiger partial charge is 0.0558 e. The van der Waals surface area contributed by atoms with Crippen LogP contribution < -0.4 is 10.6 Å². The van der Waals surface area contributed by atoms with Gasteiger partial charge in [0.15, 0.2) is 0 Å². The van der Waals surface area contributed by atoms with Gasteiger partial charge in [-0.2, -0.15) is 0 Å². The fraction of sp³-hybridized carbons (Fsp3) is 0.571. The third kappa shape index (κ3) is 2.76.